The van der Waals surface area contributed by atoms with Crippen molar-refractivity contribution in [1.29, 1.82) is 0 Å². The zero-order valence-corrected chi connectivity index (χ0v) is 18.6. The molecule has 0 bridgehead atoms. The number of aliphatic imine (C=N–C) groups is 1. The van der Waals surface area contributed by atoms with Crippen molar-refractivity contribution in [2.45, 2.75) is 19.6 Å². The molecule has 144 valence electrons. The lowest BCUT2D eigenvalue weighted by Gasteiger charge is -2.13. The van der Waals surface area contributed by atoms with Crippen molar-refractivity contribution in [2.24, 2.45) is 4.99 Å². The van der Waals surface area contributed by atoms with Crippen molar-refractivity contribution in [2.75, 3.05) is 26.2 Å². The number of thiophene rings is 1. The molecule has 26 heavy (non-hydrogen) atoms. The zero-order valence-electron chi connectivity index (χ0n) is 14.7. The highest BCUT2D eigenvalue weighted by Gasteiger charge is 2.10. The van der Waals surface area contributed by atoms with Crippen molar-refractivity contribution in [3.05, 3.63) is 57.2 Å². The standard InChI is InChI=1S/C18H24ClN3O2S.HI/c1-2-20-18(22-12-15(23)16-8-9-17(19)25-16)21-10-11-24-13-14-6-4-3-5-7-14;/h3-9,15,23H,2,10-13H2,1H3,(H2,20,21,22);1H. The van der Waals surface area contributed by atoms with Gasteiger partial charge in [-0.1, -0.05) is 41.9 Å². The molecule has 0 aliphatic rings. The molecule has 0 fully saturated rings. The van der Waals surface area contributed by atoms with Crippen LogP contribution in [0.3, 0.4) is 0 Å². The quantitative estimate of drug-likeness (QED) is 0.208. The molecule has 1 aromatic heterocycles. The minimum absolute atomic E-state index is 0. The van der Waals surface area contributed by atoms with Crippen LogP contribution < -0.4 is 10.6 Å². The van der Waals surface area contributed by atoms with E-state index >= 15 is 0 Å². The molecule has 0 saturated heterocycles. The van der Waals surface area contributed by atoms with Crippen LogP contribution in [0.25, 0.3) is 0 Å². The highest BCUT2D eigenvalue weighted by Crippen LogP contribution is 2.26. The highest BCUT2D eigenvalue weighted by molar-refractivity contribution is 14.0. The SMILES string of the molecule is CCNC(=NCC(O)c1ccc(Cl)s1)NCCOCc1ccccc1.I. The van der Waals surface area contributed by atoms with Crippen molar-refractivity contribution in [1.82, 2.24) is 10.6 Å². The summed E-state index contributed by atoms with van der Waals surface area (Å²) in [6.07, 6.45) is -0.651. The van der Waals surface area contributed by atoms with Gasteiger partial charge in [0, 0.05) is 18.0 Å². The number of rotatable bonds is 9. The maximum atomic E-state index is 10.2. The van der Waals surface area contributed by atoms with Crippen LogP contribution in [0.15, 0.2) is 47.5 Å². The number of benzene rings is 1. The number of nitrogens with zero attached hydrogens (tertiary/aromatic N) is 1. The van der Waals surface area contributed by atoms with Gasteiger partial charge in [0.15, 0.2) is 5.96 Å². The van der Waals surface area contributed by atoms with Crippen LogP contribution in [-0.4, -0.2) is 37.3 Å². The summed E-state index contributed by atoms with van der Waals surface area (Å²) >= 11 is 7.26. The molecule has 0 radical (unpaired) electrons. The third-order valence-corrected chi connectivity index (χ3v) is 4.67. The summed E-state index contributed by atoms with van der Waals surface area (Å²) in [6.45, 7) is 4.82. The monoisotopic (exact) mass is 509 g/mol. The van der Waals surface area contributed by atoms with E-state index in [1.54, 1.807) is 6.07 Å². The molecule has 0 amide bonds. The van der Waals surface area contributed by atoms with Crippen LogP contribution in [0.5, 0.6) is 0 Å². The first-order valence-corrected chi connectivity index (χ1v) is 9.45. The maximum absolute atomic E-state index is 10.2. The molecular weight excluding hydrogens is 485 g/mol. The van der Waals surface area contributed by atoms with E-state index in [2.05, 4.69) is 15.6 Å². The van der Waals surface area contributed by atoms with Crippen LogP contribution in [0, 0.1) is 0 Å². The second-order valence-electron chi connectivity index (χ2n) is 5.34. The largest absolute Gasteiger partial charge is 0.386 e. The van der Waals surface area contributed by atoms with Gasteiger partial charge in [0.2, 0.25) is 0 Å². The zero-order chi connectivity index (χ0) is 17.9. The summed E-state index contributed by atoms with van der Waals surface area (Å²) in [5, 5.41) is 16.5. The number of aliphatic hydroxyl groups is 1. The Morgan fingerprint density at radius 2 is 2.00 bits per heavy atom. The lowest BCUT2D eigenvalue weighted by atomic mass is 10.2. The normalized spacial score (nSPS) is 12.3. The van der Waals surface area contributed by atoms with E-state index in [-0.39, 0.29) is 30.5 Å². The van der Waals surface area contributed by atoms with Gasteiger partial charge >= 0.3 is 0 Å². The Labute approximate surface area is 180 Å². The Kier molecular flexibility index (Phi) is 11.9. The minimum Gasteiger partial charge on any atom is -0.386 e. The van der Waals surface area contributed by atoms with Crippen LogP contribution in [0.2, 0.25) is 4.34 Å². The van der Waals surface area contributed by atoms with Gasteiger partial charge in [0.25, 0.3) is 0 Å². The Bertz CT molecular complexity index is 655. The van der Waals surface area contributed by atoms with E-state index < -0.39 is 6.10 Å². The van der Waals surface area contributed by atoms with Gasteiger partial charge in [-0.2, -0.15) is 0 Å². The van der Waals surface area contributed by atoms with Crippen molar-refractivity contribution >= 4 is 52.9 Å². The van der Waals surface area contributed by atoms with E-state index in [1.165, 1.54) is 11.3 Å². The van der Waals surface area contributed by atoms with Gasteiger partial charge in [-0.25, -0.2) is 0 Å². The molecule has 8 heteroatoms. The van der Waals surface area contributed by atoms with Gasteiger partial charge in [-0.05, 0) is 24.6 Å². The molecule has 0 spiro atoms. The third-order valence-electron chi connectivity index (χ3n) is 3.34. The average molecular weight is 510 g/mol. The predicted octanol–water partition coefficient (Wildman–Crippen LogP) is 3.82. The first-order valence-electron chi connectivity index (χ1n) is 8.26. The first-order chi connectivity index (χ1) is 12.2. The molecule has 3 N–H and O–H groups in total. The van der Waals surface area contributed by atoms with E-state index in [9.17, 15) is 5.11 Å². The Hall–Kier alpha value is -0.870. The summed E-state index contributed by atoms with van der Waals surface area (Å²) in [4.78, 5) is 5.22. The van der Waals surface area contributed by atoms with Crippen molar-refractivity contribution in [3.8, 4) is 0 Å². The average Bonchev–Trinajstić information content (AvgIpc) is 3.06. The summed E-state index contributed by atoms with van der Waals surface area (Å²) < 4.78 is 6.30. The van der Waals surface area contributed by atoms with E-state index in [4.69, 9.17) is 16.3 Å². The molecule has 1 aromatic carbocycles. The van der Waals surface area contributed by atoms with Crippen LogP contribution >= 0.6 is 46.9 Å². The van der Waals surface area contributed by atoms with Crippen LogP contribution in [0.1, 0.15) is 23.5 Å². The minimum atomic E-state index is -0.651. The second-order valence-corrected chi connectivity index (χ2v) is 7.09. The van der Waals surface area contributed by atoms with Crippen molar-refractivity contribution < 1.29 is 9.84 Å². The summed E-state index contributed by atoms with van der Waals surface area (Å²) in [5.41, 5.74) is 1.15. The number of ether oxygens (including phenoxy) is 1. The van der Waals surface area contributed by atoms with Crippen LogP contribution in [-0.2, 0) is 11.3 Å². The molecule has 0 aliphatic carbocycles. The molecule has 2 rings (SSSR count). The molecule has 2 aromatic rings. The summed E-state index contributed by atoms with van der Waals surface area (Å²) in [7, 11) is 0. The highest BCUT2D eigenvalue weighted by atomic mass is 127. The Morgan fingerprint density at radius 1 is 1.23 bits per heavy atom. The fourth-order valence-electron chi connectivity index (χ4n) is 2.12. The Balaban J connectivity index is 0.00000338. The van der Waals surface area contributed by atoms with E-state index in [0.29, 0.717) is 30.1 Å². The number of aliphatic hydroxyl groups excluding tert-OH is 1. The number of hydrogen-bond donors (Lipinski definition) is 3. The lowest BCUT2D eigenvalue weighted by Crippen LogP contribution is -2.39. The molecule has 5 nitrogen and oxygen atoms in total. The predicted molar refractivity (Wildman–Crippen MR) is 120 cm³/mol. The maximum Gasteiger partial charge on any atom is 0.191 e. The molecule has 1 unspecified atom stereocenters. The van der Waals surface area contributed by atoms with Crippen LogP contribution in [0.4, 0.5) is 0 Å². The summed E-state index contributed by atoms with van der Waals surface area (Å²) in [6, 6.07) is 13.7. The smallest absolute Gasteiger partial charge is 0.191 e. The molecule has 1 atom stereocenters. The van der Waals surface area contributed by atoms with Gasteiger partial charge in [0.1, 0.15) is 6.10 Å². The van der Waals surface area contributed by atoms with Gasteiger partial charge in [0.05, 0.1) is 24.1 Å². The molecule has 1 heterocycles. The topological polar surface area (TPSA) is 65.9 Å². The lowest BCUT2D eigenvalue weighted by molar-refractivity contribution is 0.125. The second kappa shape index (κ2) is 13.3. The van der Waals surface area contributed by atoms with Gasteiger partial charge in [-0.3, -0.25) is 4.99 Å². The van der Waals surface area contributed by atoms with E-state index in [0.717, 1.165) is 17.0 Å². The molecule has 0 aliphatic heterocycles. The first kappa shape index (κ1) is 23.2. The van der Waals surface area contributed by atoms with Crippen molar-refractivity contribution in [3.63, 3.8) is 0 Å². The number of nitrogens with one attached hydrogen (secondary N) is 2. The molecule has 0 saturated carbocycles. The number of guanidine groups is 1. The fraction of sp³-hybridized carbons (Fsp3) is 0.389. The number of halogens is 2. The van der Waals surface area contributed by atoms with Gasteiger partial charge in [-0.15, -0.1) is 35.3 Å². The Morgan fingerprint density at radius 3 is 2.65 bits per heavy atom. The summed E-state index contributed by atoms with van der Waals surface area (Å²) in [5.74, 6) is 0.660. The van der Waals surface area contributed by atoms with E-state index in [1.807, 2.05) is 43.3 Å². The fourth-order valence-corrected chi connectivity index (χ4v) is 3.16. The van der Waals surface area contributed by atoms with Gasteiger partial charge < -0.3 is 20.5 Å². The molecular formula is C18H25ClIN3O2S. The number of hydrogen-bond acceptors (Lipinski definition) is 4. The third kappa shape index (κ3) is 8.68.